The molecule has 0 aliphatic rings. The highest BCUT2D eigenvalue weighted by molar-refractivity contribution is 7.15. The zero-order valence-corrected chi connectivity index (χ0v) is 12.4. The van der Waals surface area contributed by atoms with Gasteiger partial charge in [0, 0.05) is 27.4 Å². The summed E-state index contributed by atoms with van der Waals surface area (Å²) in [7, 11) is 0. The number of thiazole rings is 1. The van der Waals surface area contributed by atoms with Crippen molar-refractivity contribution in [1.82, 2.24) is 4.98 Å². The third-order valence-corrected chi connectivity index (χ3v) is 4.03. The molecule has 4 heteroatoms. The van der Waals surface area contributed by atoms with Gasteiger partial charge in [0.1, 0.15) is 5.01 Å². The molecule has 0 radical (unpaired) electrons. The number of benzene rings is 1. The summed E-state index contributed by atoms with van der Waals surface area (Å²) >= 11 is 7.67. The van der Waals surface area contributed by atoms with Crippen molar-refractivity contribution in [3.63, 3.8) is 0 Å². The van der Waals surface area contributed by atoms with Gasteiger partial charge in [-0.05, 0) is 12.1 Å². The lowest BCUT2D eigenvalue weighted by Crippen LogP contribution is -2.15. The van der Waals surface area contributed by atoms with Crippen LogP contribution in [0, 0.1) is 0 Å². The molecule has 0 fully saturated rings. The molecule has 0 bridgehead atoms. The van der Waals surface area contributed by atoms with Crippen LogP contribution in [0.25, 0.3) is 10.6 Å². The van der Waals surface area contributed by atoms with E-state index in [-0.39, 0.29) is 5.41 Å². The lowest BCUT2D eigenvalue weighted by Gasteiger charge is -2.16. The maximum absolute atomic E-state index is 6.02. The van der Waals surface area contributed by atoms with Crippen LogP contribution in [0.3, 0.4) is 0 Å². The number of nitrogens with zero attached hydrogens (tertiary/aromatic N) is 1. The van der Waals surface area contributed by atoms with Crippen LogP contribution in [-0.2, 0) is 12.0 Å². The fourth-order valence-corrected chi connectivity index (χ4v) is 3.16. The highest BCUT2D eigenvalue weighted by atomic mass is 35.5. The second kappa shape index (κ2) is 5.00. The Balaban J connectivity index is 2.51. The summed E-state index contributed by atoms with van der Waals surface area (Å²) in [5.41, 5.74) is 7.97. The molecule has 2 rings (SSSR count). The minimum absolute atomic E-state index is 0.0159. The quantitative estimate of drug-likeness (QED) is 0.894. The molecule has 0 saturated carbocycles. The summed E-state index contributed by atoms with van der Waals surface area (Å²) in [6.07, 6.45) is 0. The molecule has 2 N–H and O–H groups in total. The fourth-order valence-electron chi connectivity index (χ4n) is 1.82. The van der Waals surface area contributed by atoms with Crippen LogP contribution in [0.5, 0.6) is 0 Å². The van der Waals surface area contributed by atoms with E-state index in [1.807, 2.05) is 24.3 Å². The Kier molecular flexibility index (Phi) is 3.76. The minimum Gasteiger partial charge on any atom is -0.326 e. The van der Waals surface area contributed by atoms with Gasteiger partial charge in [-0.3, -0.25) is 0 Å². The number of halogens is 1. The van der Waals surface area contributed by atoms with Crippen LogP contribution in [0.15, 0.2) is 24.3 Å². The van der Waals surface area contributed by atoms with Crippen molar-refractivity contribution >= 4 is 22.9 Å². The van der Waals surface area contributed by atoms with Crippen LogP contribution in [0.1, 0.15) is 31.3 Å². The van der Waals surface area contributed by atoms with Gasteiger partial charge in [0.25, 0.3) is 0 Å². The Hall–Kier alpha value is -0.900. The number of hydrogen-bond acceptors (Lipinski definition) is 3. The maximum Gasteiger partial charge on any atom is 0.123 e. The van der Waals surface area contributed by atoms with E-state index in [0.29, 0.717) is 6.54 Å². The first-order valence-electron chi connectivity index (χ1n) is 5.88. The molecular weight excluding hydrogens is 264 g/mol. The van der Waals surface area contributed by atoms with Gasteiger partial charge in [-0.1, -0.05) is 44.5 Å². The van der Waals surface area contributed by atoms with Gasteiger partial charge < -0.3 is 5.73 Å². The largest absolute Gasteiger partial charge is 0.326 e. The molecule has 0 atom stereocenters. The Bertz CT molecular complexity index is 555. The molecule has 2 nitrogen and oxygen atoms in total. The summed E-state index contributed by atoms with van der Waals surface area (Å²) in [4.78, 5) is 5.89. The van der Waals surface area contributed by atoms with Crippen LogP contribution >= 0.6 is 22.9 Å². The molecule has 1 heterocycles. The number of hydrogen-bond donors (Lipinski definition) is 1. The van der Waals surface area contributed by atoms with Gasteiger partial charge in [-0.25, -0.2) is 4.98 Å². The van der Waals surface area contributed by atoms with Gasteiger partial charge in [-0.2, -0.15) is 0 Å². The zero-order chi connectivity index (χ0) is 13.3. The van der Waals surface area contributed by atoms with E-state index >= 15 is 0 Å². The van der Waals surface area contributed by atoms with Crippen molar-refractivity contribution in [2.75, 3.05) is 0 Å². The van der Waals surface area contributed by atoms with Crippen molar-refractivity contribution in [3.05, 3.63) is 39.9 Å². The van der Waals surface area contributed by atoms with E-state index in [4.69, 9.17) is 22.3 Å². The van der Waals surface area contributed by atoms with Crippen molar-refractivity contribution < 1.29 is 0 Å². The molecule has 96 valence electrons. The van der Waals surface area contributed by atoms with Gasteiger partial charge >= 0.3 is 0 Å². The Morgan fingerprint density at radius 2 is 2.06 bits per heavy atom. The number of rotatable bonds is 2. The number of aromatic nitrogens is 1. The monoisotopic (exact) mass is 280 g/mol. The maximum atomic E-state index is 6.02. The van der Waals surface area contributed by atoms with E-state index in [9.17, 15) is 0 Å². The van der Waals surface area contributed by atoms with Crippen molar-refractivity contribution in [1.29, 1.82) is 0 Å². The molecular formula is C14H17ClN2S. The molecule has 0 unspecified atom stereocenters. The van der Waals surface area contributed by atoms with Crippen molar-refractivity contribution in [3.8, 4) is 10.6 Å². The van der Waals surface area contributed by atoms with Gasteiger partial charge in [0.2, 0.25) is 0 Å². The lowest BCUT2D eigenvalue weighted by molar-refractivity contribution is 0.567. The zero-order valence-electron chi connectivity index (χ0n) is 10.8. The highest BCUT2D eigenvalue weighted by Gasteiger charge is 2.22. The third-order valence-electron chi connectivity index (χ3n) is 2.66. The first kappa shape index (κ1) is 13.5. The second-order valence-corrected chi connectivity index (χ2v) is 6.78. The van der Waals surface area contributed by atoms with E-state index in [0.717, 1.165) is 26.2 Å². The summed E-state index contributed by atoms with van der Waals surface area (Å²) in [5.74, 6) is 0. The van der Waals surface area contributed by atoms with Crippen LogP contribution in [-0.4, -0.2) is 4.98 Å². The lowest BCUT2D eigenvalue weighted by atomic mass is 9.91. The van der Waals surface area contributed by atoms with E-state index in [1.54, 1.807) is 11.3 Å². The van der Waals surface area contributed by atoms with Crippen molar-refractivity contribution in [2.45, 2.75) is 32.7 Å². The van der Waals surface area contributed by atoms with Crippen molar-refractivity contribution in [2.24, 2.45) is 5.73 Å². The average molecular weight is 281 g/mol. The van der Waals surface area contributed by atoms with Crippen LogP contribution in [0.2, 0.25) is 5.02 Å². The normalized spacial score (nSPS) is 11.8. The topological polar surface area (TPSA) is 38.9 Å². The smallest absolute Gasteiger partial charge is 0.123 e. The molecule has 1 aromatic carbocycles. The third kappa shape index (κ3) is 2.74. The molecule has 18 heavy (non-hydrogen) atoms. The average Bonchev–Trinajstić information content (AvgIpc) is 2.72. The Morgan fingerprint density at radius 3 is 2.56 bits per heavy atom. The molecule has 1 aromatic heterocycles. The fraction of sp³-hybridized carbons (Fsp3) is 0.357. The molecule has 2 aromatic rings. The molecule has 0 saturated heterocycles. The van der Waals surface area contributed by atoms with Gasteiger partial charge in [-0.15, -0.1) is 11.3 Å². The van der Waals surface area contributed by atoms with Gasteiger partial charge in [0.05, 0.1) is 5.69 Å². The van der Waals surface area contributed by atoms with E-state index < -0.39 is 0 Å². The van der Waals surface area contributed by atoms with Crippen LogP contribution in [0.4, 0.5) is 0 Å². The summed E-state index contributed by atoms with van der Waals surface area (Å²) < 4.78 is 0. The minimum atomic E-state index is 0.0159. The SMILES string of the molecule is CC(C)(C)c1nc(-c2cccc(Cl)c2)sc1CN. The van der Waals surface area contributed by atoms with Gasteiger partial charge in [0.15, 0.2) is 0 Å². The van der Waals surface area contributed by atoms with Crippen LogP contribution < -0.4 is 5.73 Å². The molecule has 0 aliphatic heterocycles. The first-order chi connectivity index (χ1) is 8.41. The highest BCUT2D eigenvalue weighted by Crippen LogP contribution is 2.34. The summed E-state index contributed by atoms with van der Waals surface area (Å²) in [6.45, 7) is 7.00. The molecule has 0 amide bonds. The standard InChI is InChI=1S/C14H17ClN2S/c1-14(2,3)12-11(8-16)18-13(17-12)9-5-4-6-10(15)7-9/h4-7H,8,16H2,1-3H3. The van der Waals surface area contributed by atoms with E-state index in [2.05, 4.69) is 20.8 Å². The summed E-state index contributed by atoms with van der Waals surface area (Å²) in [5, 5.41) is 1.72. The molecule has 0 spiro atoms. The predicted octanol–water partition coefficient (Wildman–Crippen LogP) is 4.22. The Labute approximate surface area is 117 Å². The first-order valence-corrected chi connectivity index (χ1v) is 7.07. The summed E-state index contributed by atoms with van der Waals surface area (Å²) in [6, 6.07) is 7.77. The Morgan fingerprint density at radius 1 is 1.33 bits per heavy atom. The number of nitrogens with two attached hydrogens (primary N) is 1. The molecule has 0 aliphatic carbocycles. The second-order valence-electron chi connectivity index (χ2n) is 5.26. The predicted molar refractivity (Wildman–Crippen MR) is 79.2 cm³/mol. The van der Waals surface area contributed by atoms with E-state index in [1.165, 1.54) is 0 Å².